The highest BCUT2D eigenvalue weighted by Gasteiger charge is 1.94. The van der Waals surface area contributed by atoms with Crippen LogP contribution < -0.4 is 22.7 Å². The van der Waals surface area contributed by atoms with E-state index in [1.165, 1.54) is 11.8 Å². The van der Waals surface area contributed by atoms with Crippen LogP contribution in [0.3, 0.4) is 0 Å². The lowest BCUT2D eigenvalue weighted by Gasteiger charge is -1.98. The van der Waals surface area contributed by atoms with E-state index < -0.39 is 0 Å². The van der Waals surface area contributed by atoms with Crippen LogP contribution in [0.2, 0.25) is 5.02 Å². The van der Waals surface area contributed by atoms with Crippen LogP contribution in [-0.2, 0) is 5.75 Å². The van der Waals surface area contributed by atoms with E-state index in [0.717, 1.165) is 16.3 Å². The summed E-state index contributed by atoms with van der Waals surface area (Å²) in [6.07, 6.45) is 0. The number of nitrogens with one attached hydrogen (secondary N) is 1. The van der Waals surface area contributed by atoms with E-state index in [2.05, 4.69) is 0 Å². The van der Waals surface area contributed by atoms with Gasteiger partial charge in [0.05, 0.1) is 0 Å². The Bertz CT molecular complexity index is 276. The first-order valence-electron chi connectivity index (χ1n) is 3.40. The summed E-state index contributed by atoms with van der Waals surface area (Å²) in [4.78, 5) is 0. The van der Waals surface area contributed by atoms with Crippen molar-refractivity contribution >= 4 is 28.5 Å². The molecule has 13 heavy (non-hydrogen) atoms. The van der Waals surface area contributed by atoms with E-state index in [0.29, 0.717) is 0 Å². The maximum Gasteiger partial charge on any atom is 0.151 e. The predicted octanol–water partition coefficient (Wildman–Crippen LogP) is -0.529. The topological polar surface area (TPSA) is 49.9 Å². The standard InChI is InChI=1S/C8H9ClN2S.BrH/c9-7-3-1-6(2-4-7)5-12-8(10)11;/h1-4H,5H2,(H3,10,11);1H/p-1. The molecule has 0 aliphatic carbocycles. The maximum atomic E-state index is 7.00. The van der Waals surface area contributed by atoms with Crippen molar-refractivity contribution in [2.75, 3.05) is 0 Å². The SMILES string of the molecule is N=C(N)SCc1ccc(Cl)cc1.[Br-]. The van der Waals surface area contributed by atoms with Crippen molar-refractivity contribution in [1.29, 1.82) is 5.41 Å². The molecule has 2 nitrogen and oxygen atoms in total. The Labute approximate surface area is 97.1 Å². The molecular formula is C8H9BrClN2S-. The Balaban J connectivity index is 0.00000144. The number of hydrogen-bond donors (Lipinski definition) is 2. The van der Waals surface area contributed by atoms with Crippen LogP contribution in [0.5, 0.6) is 0 Å². The molecule has 0 spiro atoms. The Morgan fingerprint density at radius 2 is 1.92 bits per heavy atom. The largest absolute Gasteiger partial charge is 1.00 e. The monoisotopic (exact) mass is 279 g/mol. The first-order chi connectivity index (χ1) is 5.68. The molecule has 1 rings (SSSR count). The Kier molecular flexibility index (Phi) is 6.20. The highest BCUT2D eigenvalue weighted by Crippen LogP contribution is 2.14. The number of thioether (sulfide) groups is 1. The highest BCUT2D eigenvalue weighted by atomic mass is 79.9. The van der Waals surface area contributed by atoms with Crippen molar-refractivity contribution in [1.82, 2.24) is 0 Å². The van der Waals surface area contributed by atoms with Gasteiger partial charge in [-0.05, 0) is 17.7 Å². The first-order valence-corrected chi connectivity index (χ1v) is 4.76. The summed E-state index contributed by atoms with van der Waals surface area (Å²) in [6.45, 7) is 0. The Morgan fingerprint density at radius 1 is 1.38 bits per heavy atom. The molecule has 0 atom stereocenters. The number of benzene rings is 1. The minimum Gasteiger partial charge on any atom is -1.00 e. The van der Waals surface area contributed by atoms with Gasteiger partial charge < -0.3 is 22.7 Å². The molecule has 1 aromatic rings. The zero-order valence-electron chi connectivity index (χ0n) is 6.76. The second-order valence-electron chi connectivity index (χ2n) is 2.28. The third kappa shape index (κ3) is 5.18. The van der Waals surface area contributed by atoms with Crippen molar-refractivity contribution in [3.05, 3.63) is 34.9 Å². The lowest BCUT2D eigenvalue weighted by molar-refractivity contribution is -0.00000267. The van der Waals surface area contributed by atoms with Crippen molar-refractivity contribution in [3.63, 3.8) is 0 Å². The molecule has 0 heterocycles. The van der Waals surface area contributed by atoms with Crippen LogP contribution in [0, 0.1) is 5.41 Å². The summed E-state index contributed by atoms with van der Waals surface area (Å²) in [5.41, 5.74) is 6.32. The molecule has 0 aromatic heterocycles. The molecule has 0 saturated carbocycles. The van der Waals surface area contributed by atoms with Crippen LogP contribution in [0.1, 0.15) is 5.56 Å². The molecule has 5 heteroatoms. The molecule has 0 amide bonds. The Hall–Kier alpha value is -0.190. The average molecular weight is 281 g/mol. The van der Waals surface area contributed by atoms with E-state index >= 15 is 0 Å². The van der Waals surface area contributed by atoms with Gasteiger partial charge in [-0.2, -0.15) is 0 Å². The third-order valence-electron chi connectivity index (χ3n) is 1.31. The van der Waals surface area contributed by atoms with Gasteiger partial charge in [0.2, 0.25) is 0 Å². The van der Waals surface area contributed by atoms with Crippen molar-refractivity contribution < 1.29 is 17.0 Å². The van der Waals surface area contributed by atoms with Crippen LogP contribution in [-0.4, -0.2) is 5.17 Å². The lowest BCUT2D eigenvalue weighted by atomic mass is 10.2. The zero-order chi connectivity index (χ0) is 8.97. The minimum absolute atomic E-state index is 0. The molecule has 72 valence electrons. The molecule has 0 aliphatic rings. The molecule has 0 unspecified atom stereocenters. The summed E-state index contributed by atoms with van der Waals surface area (Å²) in [5, 5.41) is 7.87. The summed E-state index contributed by atoms with van der Waals surface area (Å²) in [7, 11) is 0. The van der Waals surface area contributed by atoms with Crippen molar-refractivity contribution in [2.45, 2.75) is 5.75 Å². The van der Waals surface area contributed by atoms with Crippen LogP contribution in [0.25, 0.3) is 0 Å². The van der Waals surface area contributed by atoms with E-state index in [-0.39, 0.29) is 22.1 Å². The zero-order valence-corrected chi connectivity index (χ0v) is 9.92. The van der Waals surface area contributed by atoms with Crippen LogP contribution >= 0.6 is 23.4 Å². The van der Waals surface area contributed by atoms with Gasteiger partial charge in [0.1, 0.15) is 0 Å². The fourth-order valence-electron chi connectivity index (χ4n) is 0.742. The van der Waals surface area contributed by atoms with Gasteiger partial charge in [-0.3, -0.25) is 5.41 Å². The minimum atomic E-state index is 0. The van der Waals surface area contributed by atoms with Gasteiger partial charge >= 0.3 is 0 Å². The molecule has 0 bridgehead atoms. The predicted molar refractivity (Wildman–Crippen MR) is 54.7 cm³/mol. The quantitative estimate of drug-likeness (QED) is 0.565. The summed E-state index contributed by atoms with van der Waals surface area (Å²) in [5.74, 6) is 0.729. The fourth-order valence-corrected chi connectivity index (χ4v) is 1.38. The van der Waals surface area contributed by atoms with Gasteiger partial charge in [0.25, 0.3) is 0 Å². The van der Waals surface area contributed by atoms with Gasteiger partial charge in [-0.1, -0.05) is 35.5 Å². The number of hydrogen-bond acceptors (Lipinski definition) is 2. The molecule has 1 aromatic carbocycles. The number of nitrogens with two attached hydrogens (primary N) is 1. The number of amidine groups is 1. The highest BCUT2D eigenvalue weighted by molar-refractivity contribution is 8.13. The van der Waals surface area contributed by atoms with Gasteiger partial charge in [0, 0.05) is 10.8 Å². The smallest absolute Gasteiger partial charge is 0.151 e. The van der Waals surface area contributed by atoms with Gasteiger partial charge in [-0.15, -0.1) is 0 Å². The second kappa shape index (κ2) is 6.29. The third-order valence-corrected chi connectivity index (χ3v) is 2.35. The Morgan fingerprint density at radius 3 is 2.38 bits per heavy atom. The van der Waals surface area contributed by atoms with E-state index in [4.69, 9.17) is 22.7 Å². The average Bonchev–Trinajstić information content (AvgIpc) is 2.03. The second-order valence-corrected chi connectivity index (χ2v) is 3.73. The summed E-state index contributed by atoms with van der Waals surface area (Å²) >= 11 is 7.01. The first kappa shape index (κ1) is 12.8. The molecular weight excluding hydrogens is 272 g/mol. The summed E-state index contributed by atoms with van der Waals surface area (Å²) in [6, 6.07) is 7.52. The molecule has 0 saturated heterocycles. The molecule has 0 aliphatic heterocycles. The van der Waals surface area contributed by atoms with Gasteiger partial charge in [-0.25, -0.2) is 0 Å². The summed E-state index contributed by atoms with van der Waals surface area (Å²) < 4.78 is 0. The maximum absolute atomic E-state index is 7.00. The molecule has 0 fully saturated rings. The van der Waals surface area contributed by atoms with Crippen molar-refractivity contribution in [3.8, 4) is 0 Å². The lowest BCUT2D eigenvalue weighted by Crippen LogP contribution is -3.00. The van der Waals surface area contributed by atoms with Crippen LogP contribution in [0.15, 0.2) is 24.3 Å². The fraction of sp³-hybridized carbons (Fsp3) is 0.125. The molecule has 3 N–H and O–H groups in total. The van der Waals surface area contributed by atoms with Gasteiger partial charge in [0.15, 0.2) is 5.17 Å². The van der Waals surface area contributed by atoms with Crippen molar-refractivity contribution in [2.24, 2.45) is 5.73 Å². The molecule has 0 radical (unpaired) electrons. The van der Waals surface area contributed by atoms with E-state index in [9.17, 15) is 0 Å². The van der Waals surface area contributed by atoms with E-state index in [1.807, 2.05) is 24.3 Å². The normalized spacial score (nSPS) is 9.00. The number of rotatable bonds is 2. The number of halogens is 2. The van der Waals surface area contributed by atoms with E-state index in [1.54, 1.807) is 0 Å². The van der Waals surface area contributed by atoms with Crippen LogP contribution in [0.4, 0.5) is 0 Å².